The maximum absolute atomic E-state index is 14.7. The molecule has 0 N–H and O–H groups in total. The zero-order valence-electron chi connectivity index (χ0n) is 16.4. The van der Waals surface area contributed by atoms with Crippen LogP contribution in [0.5, 0.6) is 0 Å². The largest absolute Gasteiger partial charge is 0.416 e. The SMILES string of the molecule is CCCCCC1CCC(c2ccc(-c3cccc(C(F)(F)F)c3)c(F)c2)CC1. The van der Waals surface area contributed by atoms with E-state index in [4.69, 9.17) is 0 Å². The third-order valence-corrected chi connectivity index (χ3v) is 6.03. The van der Waals surface area contributed by atoms with E-state index in [0.29, 0.717) is 5.92 Å². The zero-order valence-corrected chi connectivity index (χ0v) is 16.4. The minimum absolute atomic E-state index is 0.225. The molecule has 28 heavy (non-hydrogen) atoms. The maximum atomic E-state index is 14.7. The molecular formula is C24H28F4. The minimum Gasteiger partial charge on any atom is -0.206 e. The smallest absolute Gasteiger partial charge is 0.206 e. The molecule has 1 aliphatic carbocycles. The van der Waals surface area contributed by atoms with E-state index in [0.717, 1.165) is 36.5 Å². The molecule has 3 rings (SSSR count). The summed E-state index contributed by atoms with van der Waals surface area (Å²) < 4.78 is 53.5. The van der Waals surface area contributed by atoms with Crippen molar-refractivity contribution >= 4 is 0 Å². The molecule has 1 fully saturated rings. The Morgan fingerprint density at radius 3 is 2.32 bits per heavy atom. The van der Waals surface area contributed by atoms with Gasteiger partial charge in [0.2, 0.25) is 0 Å². The van der Waals surface area contributed by atoms with Crippen molar-refractivity contribution in [1.82, 2.24) is 0 Å². The highest BCUT2D eigenvalue weighted by Crippen LogP contribution is 2.39. The van der Waals surface area contributed by atoms with Crippen LogP contribution in [0.3, 0.4) is 0 Å². The van der Waals surface area contributed by atoms with Crippen molar-refractivity contribution in [2.45, 2.75) is 70.4 Å². The molecule has 0 aromatic heterocycles. The molecule has 0 radical (unpaired) electrons. The monoisotopic (exact) mass is 392 g/mol. The van der Waals surface area contributed by atoms with Crippen molar-refractivity contribution in [3.63, 3.8) is 0 Å². The highest BCUT2D eigenvalue weighted by atomic mass is 19.4. The third kappa shape index (κ3) is 5.15. The highest BCUT2D eigenvalue weighted by molar-refractivity contribution is 5.65. The number of alkyl halides is 3. The van der Waals surface area contributed by atoms with Crippen molar-refractivity contribution in [2.24, 2.45) is 5.92 Å². The van der Waals surface area contributed by atoms with Crippen LogP contribution in [-0.2, 0) is 6.18 Å². The van der Waals surface area contributed by atoms with Gasteiger partial charge in [0.15, 0.2) is 0 Å². The van der Waals surface area contributed by atoms with Gasteiger partial charge >= 0.3 is 6.18 Å². The van der Waals surface area contributed by atoms with Gasteiger partial charge < -0.3 is 0 Å². The lowest BCUT2D eigenvalue weighted by atomic mass is 9.77. The highest BCUT2D eigenvalue weighted by Gasteiger charge is 2.30. The molecule has 0 heterocycles. The van der Waals surface area contributed by atoms with Crippen LogP contribution in [0.2, 0.25) is 0 Å². The summed E-state index contributed by atoms with van der Waals surface area (Å²) in [5.74, 6) is 0.700. The molecule has 0 aliphatic heterocycles. The molecule has 152 valence electrons. The minimum atomic E-state index is -4.43. The average molecular weight is 392 g/mol. The van der Waals surface area contributed by atoms with Gasteiger partial charge in [-0.05, 0) is 66.8 Å². The first-order valence-corrected chi connectivity index (χ1v) is 10.4. The van der Waals surface area contributed by atoms with Gasteiger partial charge in [-0.1, -0.05) is 56.9 Å². The van der Waals surface area contributed by atoms with Crippen LogP contribution >= 0.6 is 0 Å². The number of hydrogen-bond donors (Lipinski definition) is 0. The summed E-state index contributed by atoms with van der Waals surface area (Å²) in [7, 11) is 0. The van der Waals surface area contributed by atoms with Crippen molar-refractivity contribution in [3.05, 3.63) is 59.4 Å². The molecule has 4 heteroatoms. The number of halogens is 4. The molecule has 1 saturated carbocycles. The Bertz CT molecular complexity index is 770. The van der Waals surface area contributed by atoms with Gasteiger partial charge in [0.25, 0.3) is 0 Å². The topological polar surface area (TPSA) is 0 Å². The van der Waals surface area contributed by atoms with Crippen LogP contribution in [0.25, 0.3) is 11.1 Å². The molecule has 0 unspecified atom stereocenters. The predicted octanol–water partition coefficient (Wildman–Crippen LogP) is 8.37. The molecule has 0 spiro atoms. The van der Waals surface area contributed by atoms with E-state index in [1.165, 1.54) is 56.7 Å². The zero-order chi connectivity index (χ0) is 20.1. The van der Waals surface area contributed by atoms with Crippen LogP contribution in [0, 0.1) is 11.7 Å². The van der Waals surface area contributed by atoms with Crippen molar-refractivity contribution in [1.29, 1.82) is 0 Å². The first kappa shape index (κ1) is 20.9. The Labute approximate surface area is 165 Å². The normalized spacial score (nSPS) is 20.3. The van der Waals surface area contributed by atoms with E-state index in [1.807, 2.05) is 6.07 Å². The lowest BCUT2D eigenvalue weighted by Gasteiger charge is -2.29. The summed E-state index contributed by atoms with van der Waals surface area (Å²) in [5.41, 5.74) is 0.705. The maximum Gasteiger partial charge on any atom is 0.416 e. The van der Waals surface area contributed by atoms with Gasteiger partial charge in [-0.3, -0.25) is 0 Å². The second kappa shape index (κ2) is 9.11. The van der Waals surface area contributed by atoms with Crippen molar-refractivity contribution in [3.8, 4) is 11.1 Å². The van der Waals surface area contributed by atoms with Gasteiger partial charge in [-0.2, -0.15) is 13.2 Å². The summed E-state index contributed by atoms with van der Waals surface area (Å²) >= 11 is 0. The molecule has 1 aliphatic rings. The first-order chi connectivity index (χ1) is 13.4. The number of rotatable bonds is 6. The summed E-state index contributed by atoms with van der Waals surface area (Å²) in [6, 6.07) is 9.92. The molecule has 0 atom stereocenters. The summed E-state index contributed by atoms with van der Waals surface area (Å²) in [5, 5.41) is 0. The van der Waals surface area contributed by atoms with Gasteiger partial charge in [0, 0.05) is 5.56 Å². The quantitative estimate of drug-likeness (QED) is 0.342. The Balaban J connectivity index is 1.68. The van der Waals surface area contributed by atoms with Crippen LogP contribution < -0.4 is 0 Å². The van der Waals surface area contributed by atoms with E-state index >= 15 is 0 Å². The molecule has 0 bridgehead atoms. The van der Waals surface area contributed by atoms with E-state index < -0.39 is 17.6 Å². The van der Waals surface area contributed by atoms with E-state index in [2.05, 4.69) is 6.92 Å². The molecule has 0 saturated heterocycles. The van der Waals surface area contributed by atoms with Gasteiger partial charge in [0.1, 0.15) is 5.82 Å². The molecule has 0 amide bonds. The Hall–Kier alpha value is -1.84. The fraction of sp³-hybridized carbons (Fsp3) is 0.500. The Kier molecular flexibility index (Phi) is 6.79. The van der Waals surface area contributed by atoms with Gasteiger partial charge in [-0.15, -0.1) is 0 Å². The lowest BCUT2D eigenvalue weighted by Crippen LogP contribution is -2.13. The third-order valence-electron chi connectivity index (χ3n) is 6.03. The summed E-state index contributed by atoms with van der Waals surface area (Å²) in [6.45, 7) is 2.22. The fourth-order valence-corrected chi connectivity index (χ4v) is 4.35. The van der Waals surface area contributed by atoms with E-state index in [1.54, 1.807) is 6.07 Å². The molecule has 2 aromatic carbocycles. The number of benzene rings is 2. The van der Waals surface area contributed by atoms with Gasteiger partial charge in [-0.25, -0.2) is 4.39 Å². The van der Waals surface area contributed by atoms with Crippen molar-refractivity contribution in [2.75, 3.05) is 0 Å². The Morgan fingerprint density at radius 2 is 1.68 bits per heavy atom. The van der Waals surface area contributed by atoms with Crippen LogP contribution in [0.4, 0.5) is 17.6 Å². The second-order valence-corrected chi connectivity index (χ2v) is 8.03. The summed E-state index contributed by atoms with van der Waals surface area (Å²) in [6.07, 6.45) is 5.21. The standard InChI is InChI=1S/C24H28F4/c1-2-3-4-6-17-9-11-18(12-10-17)19-13-14-22(23(25)16-19)20-7-5-8-21(15-20)24(26,27)28/h5,7-8,13-18H,2-4,6,9-12H2,1H3. The Morgan fingerprint density at radius 1 is 0.929 bits per heavy atom. The van der Waals surface area contributed by atoms with Crippen molar-refractivity contribution < 1.29 is 17.6 Å². The van der Waals surface area contributed by atoms with E-state index in [-0.39, 0.29) is 11.1 Å². The van der Waals surface area contributed by atoms with E-state index in [9.17, 15) is 17.6 Å². The molecule has 0 nitrogen and oxygen atoms in total. The van der Waals surface area contributed by atoms with Gasteiger partial charge in [0.05, 0.1) is 5.56 Å². The number of hydrogen-bond acceptors (Lipinski definition) is 0. The predicted molar refractivity (Wildman–Crippen MR) is 106 cm³/mol. The summed E-state index contributed by atoms with van der Waals surface area (Å²) in [4.78, 5) is 0. The second-order valence-electron chi connectivity index (χ2n) is 8.03. The lowest BCUT2D eigenvalue weighted by molar-refractivity contribution is -0.137. The average Bonchev–Trinajstić information content (AvgIpc) is 2.68. The van der Waals surface area contributed by atoms with Crippen LogP contribution in [-0.4, -0.2) is 0 Å². The number of unbranched alkanes of at least 4 members (excludes halogenated alkanes) is 2. The molecular weight excluding hydrogens is 364 g/mol. The molecule has 2 aromatic rings. The fourth-order valence-electron chi connectivity index (χ4n) is 4.35. The first-order valence-electron chi connectivity index (χ1n) is 10.4. The van der Waals surface area contributed by atoms with Crippen LogP contribution in [0.15, 0.2) is 42.5 Å². The van der Waals surface area contributed by atoms with Crippen LogP contribution in [0.1, 0.15) is 75.3 Å².